The van der Waals surface area contributed by atoms with Crippen LogP contribution >= 0.6 is 0 Å². The van der Waals surface area contributed by atoms with Crippen molar-refractivity contribution in [1.82, 2.24) is 19.7 Å². The summed E-state index contributed by atoms with van der Waals surface area (Å²) in [6, 6.07) is 11.3. The summed E-state index contributed by atoms with van der Waals surface area (Å²) in [4.78, 5) is 6.86. The highest BCUT2D eigenvalue weighted by atomic mass is 15.3. The minimum atomic E-state index is 0.513. The summed E-state index contributed by atoms with van der Waals surface area (Å²) < 4.78 is 1.77. The number of likely N-dealkylation sites (tertiary alicyclic amines) is 1. The van der Waals surface area contributed by atoms with Gasteiger partial charge >= 0.3 is 0 Å². The monoisotopic (exact) mass is 256 g/mol. The molecule has 0 spiro atoms. The minimum absolute atomic E-state index is 0.513. The normalized spacial score (nSPS) is 20.6. The Morgan fingerprint density at radius 1 is 1.21 bits per heavy atom. The summed E-state index contributed by atoms with van der Waals surface area (Å²) >= 11 is 0. The molecule has 0 aliphatic carbocycles. The van der Waals surface area contributed by atoms with Crippen LogP contribution < -0.4 is 0 Å². The summed E-state index contributed by atoms with van der Waals surface area (Å²) in [6.45, 7) is 1.98. The quantitative estimate of drug-likeness (QED) is 0.846. The number of piperidine rings is 1. The molecule has 2 aromatic rings. The van der Waals surface area contributed by atoms with E-state index in [1.54, 1.807) is 11.0 Å². The smallest absolute Gasteiger partial charge is 0.164 e. The van der Waals surface area contributed by atoms with Crippen LogP contribution in [0, 0.1) is 0 Å². The molecule has 4 heteroatoms. The zero-order valence-corrected chi connectivity index (χ0v) is 11.4. The molecule has 1 unspecified atom stereocenters. The van der Waals surface area contributed by atoms with Crippen LogP contribution in [0.2, 0.25) is 0 Å². The van der Waals surface area contributed by atoms with Gasteiger partial charge in [-0.15, -0.1) is 0 Å². The molecule has 1 aliphatic heterocycles. The van der Waals surface area contributed by atoms with Crippen molar-refractivity contribution in [3.8, 4) is 0 Å². The maximum absolute atomic E-state index is 4.40. The van der Waals surface area contributed by atoms with Crippen molar-refractivity contribution in [3.05, 3.63) is 48.0 Å². The molecule has 1 aromatic heterocycles. The Morgan fingerprint density at radius 2 is 2.05 bits per heavy atom. The van der Waals surface area contributed by atoms with Gasteiger partial charge in [0.05, 0.1) is 6.54 Å². The topological polar surface area (TPSA) is 34.0 Å². The van der Waals surface area contributed by atoms with Gasteiger partial charge in [0.2, 0.25) is 0 Å². The molecule has 1 saturated heterocycles. The molecule has 0 radical (unpaired) electrons. The van der Waals surface area contributed by atoms with Gasteiger partial charge in [-0.25, -0.2) is 4.98 Å². The second-order valence-electron chi connectivity index (χ2n) is 5.23. The van der Waals surface area contributed by atoms with Crippen LogP contribution in [0.1, 0.15) is 36.7 Å². The van der Waals surface area contributed by atoms with Gasteiger partial charge in [-0.3, -0.25) is 9.58 Å². The average Bonchev–Trinajstić information content (AvgIpc) is 2.86. The van der Waals surface area contributed by atoms with Crippen LogP contribution in [0.5, 0.6) is 0 Å². The van der Waals surface area contributed by atoms with E-state index in [0.717, 1.165) is 18.9 Å². The van der Waals surface area contributed by atoms with Crippen LogP contribution in [-0.4, -0.2) is 26.2 Å². The first-order valence-electron chi connectivity index (χ1n) is 6.96. The molecule has 1 fully saturated rings. The number of hydrogen-bond donors (Lipinski definition) is 0. The summed E-state index contributed by atoms with van der Waals surface area (Å²) in [6.07, 6.45) is 5.59. The van der Waals surface area contributed by atoms with E-state index >= 15 is 0 Å². The van der Waals surface area contributed by atoms with Gasteiger partial charge in [-0.05, 0) is 24.9 Å². The van der Waals surface area contributed by atoms with Crippen molar-refractivity contribution in [1.29, 1.82) is 0 Å². The Bertz CT molecular complexity index is 520. The van der Waals surface area contributed by atoms with Gasteiger partial charge in [-0.1, -0.05) is 36.8 Å². The summed E-state index contributed by atoms with van der Waals surface area (Å²) in [5.41, 5.74) is 1.41. The summed E-state index contributed by atoms with van der Waals surface area (Å²) in [7, 11) is 1.92. The number of nitrogens with zero attached hydrogens (tertiary/aromatic N) is 4. The van der Waals surface area contributed by atoms with E-state index in [1.165, 1.54) is 24.8 Å². The van der Waals surface area contributed by atoms with Gasteiger partial charge in [-0.2, -0.15) is 5.10 Å². The maximum atomic E-state index is 4.40. The van der Waals surface area contributed by atoms with E-state index in [4.69, 9.17) is 0 Å². The molecule has 3 rings (SSSR count). The second-order valence-corrected chi connectivity index (χ2v) is 5.23. The van der Waals surface area contributed by atoms with Crippen LogP contribution in [0.3, 0.4) is 0 Å². The number of aryl methyl sites for hydroxylation is 1. The van der Waals surface area contributed by atoms with Crippen molar-refractivity contribution >= 4 is 0 Å². The first kappa shape index (κ1) is 12.4. The Balaban J connectivity index is 1.77. The van der Waals surface area contributed by atoms with Crippen molar-refractivity contribution in [2.45, 2.75) is 31.8 Å². The van der Waals surface area contributed by atoms with E-state index in [9.17, 15) is 0 Å². The van der Waals surface area contributed by atoms with E-state index in [2.05, 4.69) is 45.3 Å². The van der Waals surface area contributed by atoms with E-state index < -0.39 is 0 Å². The summed E-state index contributed by atoms with van der Waals surface area (Å²) in [5, 5.41) is 4.40. The lowest BCUT2D eigenvalue weighted by Gasteiger charge is -2.35. The first-order chi connectivity index (χ1) is 9.33. The van der Waals surface area contributed by atoms with E-state index in [1.807, 2.05) is 7.05 Å². The Labute approximate surface area is 114 Å². The second kappa shape index (κ2) is 5.53. The molecule has 1 atom stereocenters. The highest BCUT2D eigenvalue weighted by Crippen LogP contribution is 2.31. The maximum Gasteiger partial charge on any atom is 0.164 e. The largest absolute Gasteiger partial charge is 0.289 e. The lowest BCUT2D eigenvalue weighted by Crippen LogP contribution is -2.33. The van der Waals surface area contributed by atoms with Crippen LogP contribution in [0.15, 0.2) is 36.7 Å². The van der Waals surface area contributed by atoms with Gasteiger partial charge in [0, 0.05) is 13.1 Å². The lowest BCUT2D eigenvalue weighted by molar-refractivity contribution is 0.137. The Kier molecular flexibility index (Phi) is 3.60. The molecule has 2 heterocycles. The number of rotatable bonds is 3. The highest BCUT2D eigenvalue weighted by Gasteiger charge is 2.24. The zero-order chi connectivity index (χ0) is 13.1. The van der Waals surface area contributed by atoms with Crippen LogP contribution in [0.4, 0.5) is 0 Å². The molecule has 4 nitrogen and oxygen atoms in total. The van der Waals surface area contributed by atoms with Gasteiger partial charge in [0.15, 0.2) is 5.82 Å². The molecule has 0 N–H and O–H groups in total. The fourth-order valence-electron chi connectivity index (χ4n) is 2.87. The number of benzene rings is 1. The number of aromatic nitrogens is 3. The predicted molar refractivity (Wildman–Crippen MR) is 74.4 cm³/mol. The van der Waals surface area contributed by atoms with Crippen molar-refractivity contribution in [2.24, 2.45) is 7.05 Å². The molecular weight excluding hydrogens is 236 g/mol. The molecule has 0 bridgehead atoms. The fourth-order valence-corrected chi connectivity index (χ4v) is 2.87. The molecule has 1 aliphatic rings. The number of hydrogen-bond acceptors (Lipinski definition) is 3. The van der Waals surface area contributed by atoms with Crippen molar-refractivity contribution < 1.29 is 0 Å². The van der Waals surface area contributed by atoms with Gasteiger partial charge in [0.1, 0.15) is 6.33 Å². The fraction of sp³-hybridized carbons (Fsp3) is 0.467. The zero-order valence-electron chi connectivity index (χ0n) is 11.4. The molecular formula is C15H20N4. The van der Waals surface area contributed by atoms with Gasteiger partial charge in [0.25, 0.3) is 0 Å². The van der Waals surface area contributed by atoms with Gasteiger partial charge < -0.3 is 0 Å². The molecule has 1 aromatic carbocycles. The van der Waals surface area contributed by atoms with Crippen LogP contribution in [-0.2, 0) is 13.6 Å². The van der Waals surface area contributed by atoms with Crippen molar-refractivity contribution in [3.63, 3.8) is 0 Å². The SMILES string of the molecule is Cn1cnc(CN2CCCCC2c2ccccc2)n1. The predicted octanol–water partition coefficient (Wildman–Crippen LogP) is 2.54. The minimum Gasteiger partial charge on any atom is -0.289 e. The Hall–Kier alpha value is -1.68. The molecule has 0 saturated carbocycles. The molecule has 100 valence electrons. The van der Waals surface area contributed by atoms with E-state index in [-0.39, 0.29) is 0 Å². The Morgan fingerprint density at radius 3 is 2.79 bits per heavy atom. The molecule has 0 amide bonds. The van der Waals surface area contributed by atoms with Crippen LogP contribution in [0.25, 0.3) is 0 Å². The van der Waals surface area contributed by atoms with Crippen molar-refractivity contribution in [2.75, 3.05) is 6.54 Å². The van der Waals surface area contributed by atoms with E-state index in [0.29, 0.717) is 6.04 Å². The third-order valence-electron chi connectivity index (χ3n) is 3.79. The highest BCUT2D eigenvalue weighted by molar-refractivity contribution is 5.19. The third kappa shape index (κ3) is 2.84. The third-order valence-corrected chi connectivity index (χ3v) is 3.79. The first-order valence-corrected chi connectivity index (χ1v) is 6.96. The molecule has 19 heavy (non-hydrogen) atoms. The standard InChI is InChI=1S/C15H20N4/c1-18-12-16-15(17-18)11-19-10-6-5-9-14(19)13-7-3-2-4-8-13/h2-4,7-8,12,14H,5-6,9-11H2,1H3. The average molecular weight is 256 g/mol. The lowest BCUT2D eigenvalue weighted by atomic mass is 9.95. The summed E-state index contributed by atoms with van der Waals surface area (Å²) in [5.74, 6) is 0.922.